The molecule has 1 heterocycles. The second-order valence-electron chi connectivity index (χ2n) is 5.02. The maximum Gasteiger partial charge on any atom is 0.275 e. The van der Waals surface area contributed by atoms with Gasteiger partial charge in [0.15, 0.2) is 11.6 Å². The van der Waals surface area contributed by atoms with Crippen molar-refractivity contribution in [1.29, 1.82) is 0 Å². The van der Waals surface area contributed by atoms with Crippen LogP contribution in [0.5, 0.6) is 0 Å². The fourth-order valence-corrected chi connectivity index (χ4v) is 2.54. The monoisotopic (exact) mass is 271 g/mol. The van der Waals surface area contributed by atoms with E-state index in [0.29, 0.717) is 13.1 Å². The van der Waals surface area contributed by atoms with Crippen LogP contribution in [0.3, 0.4) is 0 Å². The molecule has 104 valence electrons. The van der Waals surface area contributed by atoms with Gasteiger partial charge in [-0.05, 0) is 12.3 Å². The van der Waals surface area contributed by atoms with E-state index in [1.54, 1.807) is 0 Å². The summed E-state index contributed by atoms with van der Waals surface area (Å²) < 4.78 is 27.8. The van der Waals surface area contributed by atoms with E-state index in [1.807, 2.05) is 6.92 Å². The Labute approximate surface area is 109 Å². The van der Waals surface area contributed by atoms with Crippen LogP contribution in [0.2, 0.25) is 0 Å². The number of benzene rings is 1. The molecule has 5 nitrogen and oxygen atoms in total. The molecule has 0 amide bonds. The molecule has 1 aromatic carbocycles. The van der Waals surface area contributed by atoms with E-state index in [-0.39, 0.29) is 17.6 Å². The fourth-order valence-electron chi connectivity index (χ4n) is 2.54. The molecule has 0 bridgehead atoms. The molecule has 2 atom stereocenters. The highest BCUT2D eigenvalue weighted by molar-refractivity contribution is 5.54. The standard InChI is InChI=1S/C12H15F2N3O2/c1-7-2-8(15)6-16(5-7)12-10(13)3-9(17(18)19)4-11(12)14/h3-4,7-8H,2,5-6,15H2,1H3. The summed E-state index contributed by atoms with van der Waals surface area (Å²) in [4.78, 5) is 11.2. The van der Waals surface area contributed by atoms with Gasteiger partial charge in [-0.25, -0.2) is 8.78 Å². The molecule has 1 aromatic rings. The molecule has 2 unspecified atom stereocenters. The van der Waals surface area contributed by atoms with Crippen molar-refractivity contribution < 1.29 is 13.7 Å². The lowest BCUT2D eigenvalue weighted by atomic mass is 9.96. The first-order valence-electron chi connectivity index (χ1n) is 6.02. The van der Waals surface area contributed by atoms with E-state index in [2.05, 4.69) is 0 Å². The molecule has 19 heavy (non-hydrogen) atoms. The Kier molecular flexibility index (Phi) is 3.66. The minimum Gasteiger partial charge on any atom is -0.365 e. The number of nitro groups is 1. The minimum atomic E-state index is -0.923. The molecule has 2 rings (SSSR count). The van der Waals surface area contributed by atoms with Gasteiger partial charge in [-0.15, -0.1) is 0 Å². The quantitative estimate of drug-likeness (QED) is 0.660. The van der Waals surface area contributed by atoms with Crippen molar-refractivity contribution in [2.24, 2.45) is 11.7 Å². The maximum absolute atomic E-state index is 13.9. The van der Waals surface area contributed by atoms with Gasteiger partial charge in [0.25, 0.3) is 5.69 Å². The summed E-state index contributed by atoms with van der Waals surface area (Å²) in [7, 11) is 0. The van der Waals surface area contributed by atoms with E-state index in [4.69, 9.17) is 5.73 Å². The van der Waals surface area contributed by atoms with E-state index in [1.165, 1.54) is 4.90 Å². The summed E-state index contributed by atoms with van der Waals surface area (Å²) in [6.07, 6.45) is 0.798. The minimum absolute atomic E-state index is 0.155. The Morgan fingerprint density at radius 3 is 2.42 bits per heavy atom. The number of nitrogens with two attached hydrogens (primary N) is 1. The fraction of sp³-hybridized carbons (Fsp3) is 0.500. The van der Waals surface area contributed by atoms with Crippen molar-refractivity contribution >= 4 is 11.4 Å². The number of halogens is 2. The lowest BCUT2D eigenvalue weighted by Crippen LogP contribution is -2.47. The molecule has 0 saturated carbocycles. The zero-order chi connectivity index (χ0) is 14.2. The summed E-state index contributed by atoms with van der Waals surface area (Å²) in [6, 6.07) is 1.32. The number of nitrogens with zero attached hydrogens (tertiary/aromatic N) is 2. The largest absolute Gasteiger partial charge is 0.365 e. The van der Waals surface area contributed by atoms with Gasteiger partial charge in [0.05, 0.1) is 17.1 Å². The average Bonchev–Trinajstić information content (AvgIpc) is 2.26. The highest BCUT2D eigenvalue weighted by atomic mass is 19.1. The maximum atomic E-state index is 13.9. The number of nitro benzene ring substituents is 1. The molecular weight excluding hydrogens is 256 g/mol. The van der Waals surface area contributed by atoms with Crippen molar-refractivity contribution in [3.8, 4) is 0 Å². The zero-order valence-corrected chi connectivity index (χ0v) is 10.5. The van der Waals surface area contributed by atoms with Crippen LogP contribution in [0.4, 0.5) is 20.2 Å². The second-order valence-corrected chi connectivity index (χ2v) is 5.02. The van der Waals surface area contributed by atoms with Crippen LogP contribution in [-0.2, 0) is 0 Å². The first kappa shape index (κ1) is 13.7. The van der Waals surface area contributed by atoms with E-state index < -0.39 is 22.2 Å². The number of anilines is 1. The molecule has 0 aliphatic carbocycles. The molecule has 0 spiro atoms. The summed E-state index contributed by atoms with van der Waals surface area (Å²) in [6.45, 7) is 2.78. The third-order valence-electron chi connectivity index (χ3n) is 3.22. The van der Waals surface area contributed by atoms with Crippen LogP contribution in [0.25, 0.3) is 0 Å². The Bertz CT molecular complexity index is 477. The Morgan fingerprint density at radius 2 is 1.95 bits per heavy atom. The SMILES string of the molecule is CC1CC(N)CN(c2c(F)cc([N+](=O)[O-])cc2F)C1. The van der Waals surface area contributed by atoms with E-state index in [9.17, 15) is 18.9 Å². The van der Waals surface area contributed by atoms with Crippen molar-refractivity contribution in [2.45, 2.75) is 19.4 Å². The zero-order valence-electron chi connectivity index (χ0n) is 10.5. The molecule has 1 aliphatic rings. The number of hydrogen-bond donors (Lipinski definition) is 1. The lowest BCUT2D eigenvalue weighted by molar-refractivity contribution is -0.385. The van der Waals surface area contributed by atoms with Gasteiger partial charge >= 0.3 is 0 Å². The van der Waals surface area contributed by atoms with Crippen molar-refractivity contribution in [3.63, 3.8) is 0 Å². The van der Waals surface area contributed by atoms with Crippen molar-refractivity contribution in [3.05, 3.63) is 33.9 Å². The van der Waals surface area contributed by atoms with Crippen LogP contribution in [0.1, 0.15) is 13.3 Å². The summed E-state index contributed by atoms with van der Waals surface area (Å²) in [5.41, 5.74) is 5.02. The van der Waals surface area contributed by atoms with Gasteiger partial charge in [-0.3, -0.25) is 10.1 Å². The van der Waals surface area contributed by atoms with Gasteiger partial charge in [-0.1, -0.05) is 6.92 Å². The van der Waals surface area contributed by atoms with Gasteiger partial charge in [-0.2, -0.15) is 0 Å². The Balaban J connectivity index is 2.37. The normalized spacial score (nSPS) is 23.5. The third kappa shape index (κ3) is 2.81. The highest BCUT2D eigenvalue weighted by Crippen LogP contribution is 2.30. The molecule has 0 radical (unpaired) electrons. The van der Waals surface area contributed by atoms with E-state index >= 15 is 0 Å². The molecule has 1 aliphatic heterocycles. The van der Waals surface area contributed by atoms with Gasteiger partial charge in [0.2, 0.25) is 0 Å². The first-order valence-corrected chi connectivity index (χ1v) is 6.02. The summed E-state index contributed by atoms with van der Waals surface area (Å²) in [5.74, 6) is -1.63. The second kappa shape index (κ2) is 5.08. The van der Waals surface area contributed by atoms with Crippen LogP contribution in [0.15, 0.2) is 12.1 Å². The first-order chi connectivity index (χ1) is 8.88. The molecule has 2 N–H and O–H groups in total. The lowest BCUT2D eigenvalue weighted by Gasteiger charge is -2.36. The third-order valence-corrected chi connectivity index (χ3v) is 3.22. The van der Waals surface area contributed by atoms with Gasteiger partial charge < -0.3 is 10.6 Å². The molecule has 1 saturated heterocycles. The predicted molar refractivity (Wildman–Crippen MR) is 67.0 cm³/mol. The smallest absolute Gasteiger partial charge is 0.275 e. The van der Waals surface area contributed by atoms with Crippen molar-refractivity contribution in [1.82, 2.24) is 0 Å². The van der Waals surface area contributed by atoms with E-state index in [0.717, 1.165) is 18.6 Å². The number of rotatable bonds is 2. The highest BCUT2D eigenvalue weighted by Gasteiger charge is 2.28. The number of non-ortho nitro benzene ring substituents is 1. The summed E-state index contributed by atoms with van der Waals surface area (Å²) >= 11 is 0. The molecule has 1 fully saturated rings. The topological polar surface area (TPSA) is 72.4 Å². The Hall–Kier alpha value is -1.76. The summed E-state index contributed by atoms with van der Waals surface area (Å²) in [5, 5.41) is 10.5. The van der Waals surface area contributed by atoms with Crippen LogP contribution in [0, 0.1) is 27.7 Å². The van der Waals surface area contributed by atoms with Crippen LogP contribution < -0.4 is 10.6 Å². The molecule has 0 aromatic heterocycles. The van der Waals surface area contributed by atoms with Crippen LogP contribution in [-0.4, -0.2) is 24.1 Å². The number of piperidine rings is 1. The molecule has 7 heteroatoms. The van der Waals surface area contributed by atoms with Crippen LogP contribution >= 0.6 is 0 Å². The van der Waals surface area contributed by atoms with Crippen molar-refractivity contribution in [2.75, 3.05) is 18.0 Å². The Morgan fingerprint density at radius 1 is 1.37 bits per heavy atom. The van der Waals surface area contributed by atoms with Gasteiger partial charge in [0, 0.05) is 19.1 Å². The predicted octanol–water partition coefficient (Wildman–Crippen LogP) is 2.05. The number of hydrogen-bond acceptors (Lipinski definition) is 4. The average molecular weight is 271 g/mol. The van der Waals surface area contributed by atoms with Gasteiger partial charge in [0.1, 0.15) is 5.69 Å². The molecular formula is C12H15F2N3O2.